The van der Waals surface area contributed by atoms with Gasteiger partial charge in [0.05, 0.1) is 0 Å². The van der Waals surface area contributed by atoms with Crippen LogP contribution >= 0.6 is 15.8 Å². The smallest absolute Gasteiger partial charge is 0.213 e. The topological polar surface area (TPSA) is 0 Å². The molecular formula is C56H80FeP2. The molecule has 16 fully saturated rings. The van der Waals surface area contributed by atoms with Gasteiger partial charge in [0.1, 0.15) is 0 Å². The van der Waals surface area contributed by atoms with Crippen LogP contribution in [0.1, 0.15) is 192 Å². The minimum atomic E-state index is 0. The van der Waals surface area contributed by atoms with Crippen molar-refractivity contribution in [2.24, 2.45) is 71.0 Å². The van der Waals surface area contributed by atoms with Gasteiger partial charge in [-0.15, -0.1) is 7.92 Å². The first kappa shape index (κ1) is 40.6. The minimum absolute atomic E-state index is 0. The van der Waals surface area contributed by atoms with Gasteiger partial charge in [-0.3, -0.25) is 0 Å². The second-order valence-electron chi connectivity index (χ2n) is 26.7. The van der Waals surface area contributed by atoms with Gasteiger partial charge in [0.15, 0.2) is 0 Å². The second kappa shape index (κ2) is 14.5. The maximum atomic E-state index is 2.78. The van der Waals surface area contributed by atoms with Gasteiger partial charge in [-0.2, -0.15) is 41.0 Å². The maximum absolute atomic E-state index is 2.78. The quantitative estimate of drug-likeness (QED) is 0.141. The molecular weight excluding hydrogens is 790 g/mol. The molecule has 2 aromatic carbocycles. The fourth-order valence-electron chi connectivity index (χ4n) is 21.3. The summed E-state index contributed by atoms with van der Waals surface area (Å²) in [7, 11) is 0.105. The van der Waals surface area contributed by atoms with Crippen molar-refractivity contribution in [3.05, 3.63) is 59.2 Å². The molecule has 0 unspecified atom stereocenters. The molecule has 2 aromatic rings. The van der Waals surface area contributed by atoms with Gasteiger partial charge in [0.25, 0.3) is 0 Å². The minimum Gasteiger partial charge on any atom is -0.213 e. The van der Waals surface area contributed by atoms with E-state index in [2.05, 4.69) is 63.2 Å². The fraction of sp³-hybridized carbons (Fsp3) is 0.821. The Morgan fingerprint density at radius 1 is 0.441 bits per heavy atom. The van der Waals surface area contributed by atoms with Gasteiger partial charge < -0.3 is 0 Å². The molecule has 59 heavy (non-hydrogen) atoms. The Hall–Kier alpha value is 0.0795. The molecule has 0 atom stereocenters. The van der Waals surface area contributed by atoms with Gasteiger partial charge in [-0.1, -0.05) is 34.9 Å². The molecule has 16 aliphatic carbocycles. The third-order valence-corrected chi connectivity index (χ3v) is 29.6. The molecule has 0 spiro atoms. The van der Waals surface area contributed by atoms with Crippen molar-refractivity contribution in [2.75, 3.05) is 0 Å². The van der Waals surface area contributed by atoms with E-state index in [1.54, 1.807) is 166 Å². The summed E-state index contributed by atoms with van der Waals surface area (Å²) in [5.41, 5.74) is 5.66. The van der Waals surface area contributed by atoms with E-state index in [1.165, 1.54) is 5.56 Å². The Kier molecular flexibility index (Phi) is 10.0. The first-order valence-corrected chi connectivity index (χ1v) is 29.0. The Morgan fingerprint density at radius 2 is 0.746 bits per heavy atom. The summed E-state index contributed by atoms with van der Waals surface area (Å²) >= 11 is 0. The molecule has 0 aliphatic heterocycles. The molecule has 0 heterocycles. The standard InChI is InChI=1S/C47H67P2.C9H13.Fe/c1-2-42(28-48(44-16-30-4-31(17-44)6-32(5-30)18-44)45-19-33-7-34(20-45)9-35(8-33)21-45)43(3-1)29-49(46-22-36-10-37(23-46)12-38(11-36)24-46)47-25-39-13-40(26-47)15-41(14-39)27-47;1-9(2,3)8-6-4-5-7-8;/h1-3,30-41H,4-29H2;4-7H,1-3H3;/q2*-1;+2. The molecule has 0 amide bonds. The average Bonchev–Trinajstić information content (AvgIpc) is 3.84. The molecule has 16 bridgehead atoms. The monoisotopic (exact) mass is 871 g/mol. The Morgan fingerprint density at radius 3 is 1.00 bits per heavy atom. The molecule has 18 rings (SSSR count). The van der Waals surface area contributed by atoms with E-state index in [1.807, 2.05) is 11.1 Å². The molecule has 0 saturated heterocycles. The molecule has 0 nitrogen and oxygen atoms in total. The summed E-state index contributed by atoms with van der Waals surface area (Å²) in [6.07, 6.45) is 42.8. The average molecular weight is 871 g/mol. The molecule has 0 N–H and O–H groups in total. The molecule has 3 heteroatoms. The molecule has 0 radical (unpaired) electrons. The van der Waals surface area contributed by atoms with Gasteiger partial charge in [-0.25, -0.2) is 18.2 Å². The predicted octanol–water partition coefficient (Wildman–Crippen LogP) is 15.9. The molecule has 322 valence electrons. The third kappa shape index (κ3) is 6.87. The summed E-state index contributed by atoms with van der Waals surface area (Å²) < 4.78 is 0. The summed E-state index contributed by atoms with van der Waals surface area (Å²) in [5, 5.41) is 3.09. The van der Waals surface area contributed by atoms with Crippen molar-refractivity contribution in [3.8, 4) is 0 Å². The first-order valence-electron chi connectivity index (χ1n) is 26.0. The van der Waals surface area contributed by atoms with E-state index in [9.17, 15) is 0 Å². The Bertz CT molecular complexity index is 1500. The van der Waals surface area contributed by atoms with Gasteiger partial charge >= 0.3 is 17.1 Å². The summed E-state index contributed by atoms with van der Waals surface area (Å²) in [6.45, 7) is 6.67. The summed E-state index contributed by atoms with van der Waals surface area (Å²) in [5.74, 6) is 13.4. The predicted molar refractivity (Wildman–Crippen MR) is 248 cm³/mol. The van der Waals surface area contributed by atoms with E-state index in [4.69, 9.17) is 0 Å². The number of hydrogen-bond donors (Lipinski definition) is 0. The normalized spacial score (nSPS) is 49.8. The van der Waals surface area contributed by atoms with Crippen molar-refractivity contribution >= 4 is 15.8 Å². The SMILES string of the molecule is CC(C)(C)c1ccc[cH-]1.[Fe+2].c1cc(CP(C23CC4CC(CC(C4)C2)C3)C23CC4CC(CC(C4)C2)C3)c(CP(C23CC4CC(CC(C4)C2)C3)C23CC4CC(CC(C4)C2)C3)[cH-]1. The zero-order valence-corrected chi connectivity index (χ0v) is 40.5. The Balaban J connectivity index is 0.000000338. The molecule has 16 aliphatic rings. The maximum Gasteiger partial charge on any atom is 2.00 e. The van der Waals surface area contributed by atoms with E-state index >= 15 is 0 Å². The van der Waals surface area contributed by atoms with Crippen LogP contribution in [0.25, 0.3) is 0 Å². The largest absolute Gasteiger partial charge is 2.00 e. The Labute approximate surface area is 374 Å². The van der Waals surface area contributed by atoms with Gasteiger partial charge in [0, 0.05) is 0 Å². The van der Waals surface area contributed by atoms with Crippen LogP contribution in [0, 0.1) is 71.0 Å². The van der Waals surface area contributed by atoms with Crippen molar-refractivity contribution < 1.29 is 17.1 Å². The number of hydrogen-bond acceptors (Lipinski definition) is 0. The third-order valence-electron chi connectivity index (χ3n) is 21.5. The van der Waals surface area contributed by atoms with Crippen LogP contribution < -0.4 is 0 Å². The first-order chi connectivity index (χ1) is 28.0. The van der Waals surface area contributed by atoms with Crippen LogP contribution in [0.4, 0.5) is 0 Å². The van der Waals surface area contributed by atoms with E-state index < -0.39 is 0 Å². The summed E-state index contributed by atoms with van der Waals surface area (Å²) in [4.78, 5) is 0. The van der Waals surface area contributed by atoms with Gasteiger partial charge in [0.2, 0.25) is 0 Å². The zero-order valence-electron chi connectivity index (χ0n) is 37.6. The van der Waals surface area contributed by atoms with E-state index in [0.29, 0.717) is 5.41 Å². The van der Waals surface area contributed by atoms with Crippen molar-refractivity contribution in [3.63, 3.8) is 0 Å². The molecule has 0 aromatic heterocycles. The van der Waals surface area contributed by atoms with Gasteiger partial charge in [-0.05, 0) is 257 Å². The molecule has 16 saturated carbocycles. The van der Waals surface area contributed by atoms with Crippen molar-refractivity contribution in [2.45, 2.75) is 213 Å². The van der Waals surface area contributed by atoms with Crippen molar-refractivity contribution in [1.82, 2.24) is 0 Å². The van der Waals surface area contributed by atoms with Crippen LogP contribution in [0.2, 0.25) is 0 Å². The zero-order chi connectivity index (χ0) is 38.6. The van der Waals surface area contributed by atoms with Crippen LogP contribution in [-0.2, 0) is 34.8 Å². The van der Waals surface area contributed by atoms with Crippen LogP contribution in [-0.4, -0.2) is 20.6 Å². The van der Waals surface area contributed by atoms with Crippen LogP contribution in [0.5, 0.6) is 0 Å². The van der Waals surface area contributed by atoms with Crippen molar-refractivity contribution in [1.29, 1.82) is 0 Å². The number of rotatable bonds is 8. The summed E-state index contributed by atoms with van der Waals surface area (Å²) in [6, 6.07) is 16.7. The van der Waals surface area contributed by atoms with Crippen LogP contribution in [0.15, 0.2) is 42.5 Å². The second-order valence-corrected chi connectivity index (χ2v) is 32.9. The van der Waals surface area contributed by atoms with Crippen LogP contribution in [0.3, 0.4) is 0 Å². The van der Waals surface area contributed by atoms with E-state index in [0.717, 1.165) is 91.6 Å². The fourth-order valence-corrected chi connectivity index (χ4v) is 31.7. The van der Waals surface area contributed by atoms with E-state index in [-0.39, 0.29) is 32.9 Å².